The van der Waals surface area contributed by atoms with Gasteiger partial charge in [0.1, 0.15) is 0 Å². The average Bonchev–Trinajstić information content (AvgIpc) is 3.07. The molecule has 3 aromatic heterocycles. The van der Waals surface area contributed by atoms with Gasteiger partial charge in [-0.05, 0) is 42.9 Å². The molecule has 202 valence electrons. The van der Waals surface area contributed by atoms with Crippen molar-refractivity contribution in [3.8, 4) is 17.1 Å². The van der Waals surface area contributed by atoms with E-state index in [1.165, 1.54) is 24.8 Å². The molecule has 0 radical (unpaired) electrons. The van der Waals surface area contributed by atoms with E-state index in [9.17, 15) is 9.18 Å². The first-order valence-electron chi connectivity index (χ1n) is 13.6. The SMILES string of the molecule is COc1ccc(F)c(C(=O)N2CCC3CCC2CN3Cc2c(-c3ccc(C(C)C)cc3)nc3ncccn23)n1. The van der Waals surface area contributed by atoms with Gasteiger partial charge in [-0.2, -0.15) is 0 Å². The zero-order chi connectivity index (χ0) is 27.1. The summed E-state index contributed by atoms with van der Waals surface area (Å²) in [5, 5.41) is 0. The number of carbonyl (C=O) groups excluding carboxylic acids is 1. The Kier molecular flexibility index (Phi) is 6.76. The highest BCUT2D eigenvalue weighted by Gasteiger charge is 2.39. The number of hydrogen-bond donors (Lipinski definition) is 0. The zero-order valence-corrected chi connectivity index (χ0v) is 22.5. The summed E-state index contributed by atoms with van der Waals surface area (Å²) in [7, 11) is 1.46. The Morgan fingerprint density at radius 3 is 2.64 bits per heavy atom. The molecule has 0 aliphatic carbocycles. The van der Waals surface area contributed by atoms with Crippen molar-refractivity contribution < 1.29 is 13.9 Å². The van der Waals surface area contributed by atoms with Crippen LogP contribution in [0.5, 0.6) is 5.88 Å². The third-order valence-electron chi connectivity index (χ3n) is 8.14. The lowest BCUT2D eigenvalue weighted by Crippen LogP contribution is -2.49. The van der Waals surface area contributed by atoms with Gasteiger partial charge in [0.25, 0.3) is 5.91 Å². The predicted octanol–water partition coefficient (Wildman–Crippen LogP) is 4.94. The molecule has 1 aromatic carbocycles. The minimum atomic E-state index is -0.622. The number of aromatic nitrogens is 4. The number of imidazole rings is 1. The third kappa shape index (κ3) is 4.76. The molecule has 3 aliphatic rings. The third-order valence-corrected chi connectivity index (χ3v) is 8.14. The largest absolute Gasteiger partial charge is 0.481 e. The van der Waals surface area contributed by atoms with Gasteiger partial charge in [0.2, 0.25) is 11.7 Å². The standard InChI is InChI=1S/C30H33FN6O2/c1-19(2)20-5-7-21(8-6-20)27-25(37-15-4-14-32-30(37)34-27)18-35-17-23-10-9-22(35)13-16-36(23)29(38)28-24(31)11-12-26(33-28)39-3/h4-8,11-12,14-15,19,22-23H,9-10,13,16-18H2,1-3H3. The number of methoxy groups -OCH3 is 1. The molecule has 2 bridgehead atoms. The van der Waals surface area contributed by atoms with E-state index in [-0.39, 0.29) is 23.5 Å². The summed E-state index contributed by atoms with van der Waals surface area (Å²) < 4.78 is 21.8. The van der Waals surface area contributed by atoms with E-state index in [1.807, 2.05) is 17.2 Å². The highest BCUT2D eigenvalue weighted by molar-refractivity contribution is 5.93. The number of hydrogen-bond acceptors (Lipinski definition) is 6. The van der Waals surface area contributed by atoms with Crippen molar-refractivity contribution in [2.45, 2.75) is 57.7 Å². The minimum absolute atomic E-state index is 0.0188. The Morgan fingerprint density at radius 2 is 1.87 bits per heavy atom. The number of amides is 1. The monoisotopic (exact) mass is 528 g/mol. The van der Waals surface area contributed by atoms with Crippen molar-refractivity contribution in [2.24, 2.45) is 0 Å². The molecule has 2 unspecified atom stereocenters. The van der Waals surface area contributed by atoms with E-state index < -0.39 is 5.82 Å². The van der Waals surface area contributed by atoms with Crippen LogP contribution >= 0.6 is 0 Å². The number of fused-ring (bicyclic) bond motifs is 5. The van der Waals surface area contributed by atoms with Crippen molar-refractivity contribution in [3.63, 3.8) is 0 Å². The molecule has 7 rings (SSSR count). The van der Waals surface area contributed by atoms with Gasteiger partial charge in [-0.3, -0.25) is 14.1 Å². The minimum Gasteiger partial charge on any atom is -0.481 e. The lowest BCUT2D eigenvalue weighted by Gasteiger charge is -2.38. The number of pyridine rings is 1. The Hall–Kier alpha value is -3.85. The topological polar surface area (TPSA) is 75.9 Å². The summed E-state index contributed by atoms with van der Waals surface area (Å²) in [5.41, 5.74) is 4.20. The van der Waals surface area contributed by atoms with Gasteiger partial charge in [0.15, 0.2) is 11.5 Å². The smallest absolute Gasteiger partial charge is 0.275 e. The highest BCUT2D eigenvalue weighted by atomic mass is 19.1. The van der Waals surface area contributed by atoms with E-state index in [4.69, 9.17) is 9.72 Å². The van der Waals surface area contributed by atoms with E-state index in [2.05, 4.69) is 57.4 Å². The molecule has 1 amide bonds. The number of nitrogens with zero attached hydrogens (tertiary/aromatic N) is 6. The fraction of sp³-hybridized carbons (Fsp3) is 0.400. The van der Waals surface area contributed by atoms with Crippen LogP contribution in [0.3, 0.4) is 0 Å². The second kappa shape index (κ2) is 10.4. The predicted molar refractivity (Wildman–Crippen MR) is 146 cm³/mol. The van der Waals surface area contributed by atoms with Crippen LogP contribution in [0.15, 0.2) is 54.9 Å². The quantitative estimate of drug-likeness (QED) is 0.353. The van der Waals surface area contributed by atoms with Crippen molar-refractivity contribution in [1.82, 2.24) is 29.2 Å². The fourth-order valence-electron chi connectivity index (χ4n) is 5.95. The molecule has 3 fully saturated rings. The van der Waals surface area contributed by atoms with Gasteiger partial charge < -0.3 is 9.64 Å². The molecular formula is C30H33FN6O2. The Labute approximate surface area is 227 Å². The zero-order valence-electron chi connectivity index (χ0n) is 22.5. The van der Waals surface area contributed by atoms with Gasteiger partial charge in [0.05, 0.1) is 18.5 Å². The van der Waals surface area contributed by atoms with E-state index in [1.54, 1.807) is 6.20 Å². The van der Waals surface area contributed by atoms with Crippen LogP contribution in [0.2, 0.25) is 0 Å². The first kappa shape index (κ1) is 25.4. The van der Waals surface area contributed by atoms with Crippen molar-refractivity contribution in [3.05, 3.63) is 77.6 Å². The van der Waals surface area contributed by atoms with Crippen molar-refractivity contribution in [2.75, 3.05) is 20.2 Å². The molecule has 3 aliphatic heterocycles. The van der Waals surface area contributed by atoms with E-state index in [0.29, 0.717) is 37.4 Å². The molecule has 0 N–H and O–H groups in total. The molecule has 39 heavy (non-hydrogen) atoms. The molecule has 4 aromatic rings. The Balaban J connectivity index is 1.30. The van der Waals surface area contributed by atoms with Crippen LogP contribution in [0.1, 0.15) is 60.8 Å². The van der Waals surface area contributed by atoms with Crippen LogP contribution in [-0.4, -0.2) is 67.3 Å². The van der Waals surface area contributed by atoms with E-state index >= 15 is 0 Å². The summed E-state index contributed by atoms with van der Waals surface area (Å²) >= 11 is 0. The number of carbonyl (C=O) groups is 1. The van der Waals surface area contributed by atoms with Gasteiger partial charge in [-0.15, -0.1) is 0 Å². The molecule has 0 spiro atoms. The van der Waals surface area contributed by atoms with Gasteiger partial charge in [0, 0.05) is 55.7 Å². The lowest BCUT2D eigenvalue weighted by atomic mass is 9.97. The van der Waals surface area contributed by atoms with Crippen LogP contribution in [0.25, 0.3) is 17.0 Å². The number of rotatable bonds is 6. The van der Waals surface area contributed by atoms with Crippen LogP contribution in [-0.2, 0) is 6.54 Å². The molecular weight excluding hydrogens is 495 g/mol. The summed E-state index contributed by atoms with van der Waals surface area (Å²) in [6, 6.07) is 13.5. The maximum atomic E-state index is 14.6. The van der Waals surface area contributed by atoms with Gasteiger partial charge >= 0.3 is 0 Å². The van der Waals surface area contributed by atoms with Crippen molar-refractivity contribution >= 4 is 11.7 Å². The van der Waals surface area contributed by atoms with E-state index in [0.717, 1.165) is 36.2 Å². The molecule has 8 nitrogen and oxygen atoms in total. The first-order chi connectivity index (χ1) is 18.9. The van der Waals surface area contributed by atoms with Crippen molar-refractivity contribution in [1.29, 1.82) is 0 Å². The summed E-state index contributed by atoms with van der Waals surface area (Å²) in [4.78, 5) is 31.3. The maximum absolute atomic E-state index is 14.6. The first-order valence-corrected chi connectivity index (χ1v) is 13.6. The lowest BCUT2D eigenvalue weighted by molar-refractivity contribution is 0.0592. The summed E-state index contributed by atoms with van der Waals surface area (Å²) in [6.07, 6.45) is 6.47. The van der Waals surface area contributed by atoms with Gasteiger partial charge in [-0.1, -0.05) is 38.1 Å². The number of benzene rings is 1. The average molecular weight is 529 g/mol. The second-order valence-corrected chi connectivity index (χ2v) is 10.8. The van der Waals surface area contributed by atoms with Gasteiger partial charge in [-0.25, -0.2) is 19.3 Å². The highest BCUT2D eigenvalue weighted by Crippen LogP contribution is 2.33. The molecule has 9 heteroatoms. The number of piperidine rings is 1. The molecule has 6 heterocycles. The molecule has 0 saturated carbocycles. The maximum Gasteiger partial charge on any atom is 0.275 e. The van der Waals surface area contributed by atoms with Crippen LogP contribution in [0.4, 0.5) is 4.39 Å². The summed E-state index contributed by atoms with van der Waals surface area (Å²) in [5.74, 6) is 0.370. The van der Waals surface area contributed by atoms with Crippen LogP contribution < -0.4 is 4.74 Å². The fourth-order valence-corrected chi connectivity index (χ4v) is 5.95. The molecule has 3 saturated heterocycles. The molecule has 2 atom stereocenters. The second-order valence-electron chi connectivity index (χ2n) is 10.8. The van der Waals surface area contributed by atoms with Crippen LogP contribution in [0, 0.1) is 5.82 Å². The Morgan fingerprint density at radius 1 is 1.08 bits per heavy atom. The number of ether oxygens (including phenoxy) is 1. The normalized spacial score (nSPS) is 19.6. The summed E-state index contributed by atoms with van der Waals surface area (Å²) in [6.45, 7) is 6.35. The number of halogens is 1. The Bertz CT molecular complexity index is 1500.